The molecule has 0 unspecified atom stereocenters. The number of likely N-dealkylation sites (tertiary alicyclic amines) is 1. The molecule has 2 fully saturated rings. The number of rotatable bonds is 11. The molecule has 4 amide bonds. The molecule has 13 heteroatoms. The van der Waals surface area contributed by atoms with E-state index in [1.807, 2.05) is 34.6 Å². The Morgan fingerprint density at radius 2 is 1.81 bits per heavy atom. The van der Waals surface area contributed by atoms with Crippen LogP contribution in [0.25, 0.3) is 0 Å². The smallest absolute Gasteiger partial charge is 0.416 e. The van der Waals surface area contributed by atoms with Crippen molar-refractivity contribution in [2.45, 2.75) is 96.2 Å². The molecule has 42 heavy (non-hydrogen) atoms. The van der Waals surface area contributed by atoms with Crippen LogP contribution in [0.15, 0.2) is 18.2 Å². The van der Waals surface area contributed by atoms with Gasteiger partial charge in [0.15, 0.2) is 6.61 Å². The predicted molar refractivity (Wildman–Crippen MR) is 147 cm³/mol. The Kier molecular flexibility index (Phi) is 10.2. The zero-order chi connectivity index (χ0) is 31.6. The molecule has 0 bridgehead atoms. The van der Waals surface area contributed by atoms with E-state index in [0.717, 1.165) is 25.0 Å². The Morgan fingerprint density at radius 1 is 1.17 bits per heavy atom. The lowest BCUT2D eigenvalue weighted by Crippen LogP contribution is -2.54. The molecular weight excluding hydrogens is 557 g/mol. The number of benzene rings is 1. The maximum Gasteiger partial charge on any atom is 0.416 e. The van der Waals surface area contributed by atoms with E-state index in [1.165, 1.54) is 9.80 Å². The van der Waals surface area contributed by atoms with Crippen LogP contribution in [0.4, 0.5) is 13.2 Å². The van der Waals surface area contributed by atoms with Gasteiger partial charge in [-0.2, -0.15) is 13.2 Å². The highest BCUT2D eigenvalue weighted by Gasteiger charge is 2.43. The Hall–Kier alpha value is -3.35. The number of ether oxygens (including phenoxy) is 1. The van der Waals surface area contributed by atoms with Gasteiger partial charge in [0, 0.05) is 31.6 Å². The standard InChI is InChI=1S/C29H41F3N4O6/c1-16(2)11-21(26(40)36-14-19(37)13-22(36)27(41)35(6)17(3)4)33-25(39)20-8-7-18(29(30,31)32)12-23(20)42-15-24(38)34-28(5)9-10-28/h7-8,12,16-17,19,21-22,37H,9-11,13-15H2,1-6H3,(H,33,39)(H,34,38)/t19-,21+,22+/m0/s1. The number of halogens is 3. The van der Waals surface area contributed by atoms with Gasteiger partial charge < -0.3 is 30.3 Å². The van der Waals surface area contributed by atoms with Gasteiger partial charge >= 0.3 is 6.18 Å². The van der Waals surface area contributed by atoms with Crippen LogP contribution in [0.2, 0.25) is 0 Å². The van der Waals surface area contributed by atoms with Crippen molar-refractivity contribution in [1.82, 2.24) is 20.4 Å². The number of alkyl halides is 3. The van der Waals surface area contributed by atoms with Gasteiger partial charge in [-0.05, 0) is 64.2 Å². The number of carbonyl (C=O) groups is 4. The highest BCUT2D eigenvalue weighted by molar-refractivity contribution is 6.00. The van der Waals surface area contributed by atoms with E-state index in [1.54, 1.807) is 7.05 Å². The van der Waals surface area contributed by atoms with Crippen molar-refractivity contribution in [3.63, 3.8) is 0 Å². The number of nitrogens with zero attached hydrogens (tertiary/aromatic N) is 2. The number of nitrogens with one attached hydrogen (secondary N) is 2. The maximum atomic E-state index is 13.7. The maximum absolute atomic E-state index is 13.7. The molecule has 3 atom stereocenters. The molecule has 1 saturated carbocycles. The quantitative estimate of drug-likeness (QED) is 0.360. The summed E-state index contributed by atoms with van der Waals surface area (Å²) in [5, 5.41) is 15.7. The molecule has 1 aliphatic heterocycles. The molecule has 3 N–H and O–H groups in total. The number of likely N-dealkylation sites (N-methyl/N-ethyl adjacent to an activating group) is 1. The van der Waals surface area contributed by atoms with Crippen molar-refractivity contribution >= 4 is 23.6 Å². The van der Waals surface area contributed by atoms with Crippen molar-refractivity contribution in [3.8, 4) is 5.75 Å². The van der Waals surface area contributed by atoms with Gasteiger partial charge in [-0.15, -0.1) is 0 Å². The summed E-state index contributed by atoms with van der Waals surface area (Å²) in [6.45, 7) is 8.41. The SMILES string of the molecule is CC(C)C[C@@H](NC(=O)c1ccc(C(F)(F)F)cc1OCC(=O)NC1(C)CC1)C(=O)N1C[C@@H](O)C[C@@H]1C(=O)N(C)C(C)C. The molecule has 0 aromatic heterocycles. The van der Waals surface area contributed by atoms with Crippen LogP contribution in [0.1, 0.15) is 76.2 Å². The number of aliphatic hydroxyl groups is 1. The van der Waals surface area contributed by atoms with Crippen LogP contribution in [0.3, 0.4) is 0 Å². The monoisotopic (exact) mass is 598 g/mol. The van der Waals surface area contributed by atoms with E-state index in [-0.39, 0.29) is 48.4 Å². The number of hydrogen-bond acceptors (Lipinski definition) is 6. The predicted octanol–water partition coefficient (Wildman–Crippen LogP) is 2.73. The molecule has 1 saturated heterocycles. The molecule has 3 rings (SSSR count). The first-order valence-corrected chi connectivity index (χ1v) is 14.1. The Labute approximate surface area is 243 Å². The summed E-state index contributed by atoms with van der Waals surface area (Å²) in [4.78, 5) is 55.3. The molecular formula is C29H41F3N4O6. The second kappa shape index (κ2) is 12.9. The van der Waals surface area contributed by atoms with Crippen molar-refractivity contribution < 1.29 is 42.2 Å². The first-order valence-electron chi connectivity index (χ1n) is 14.1. The van der Waals surface area contributed by atoms with Crippen LogP contribution in [0, 0.1) is 5.92 Å². The number of carbonyl (C=O) groups excluding carboxylic acids is 4. The molecule has 1 aliphatic carbocycles. The van der Waals surface area contributed by atoms with Crippen LogP contribution in [-0.2, 0) is 20.6 Å². The Balaban J connectivity index is 1.85. The first kappa shape index (κ1) is 33.2. The number of aliphatic hydroxyl groups excluding tert-OH is 1. The minimum atomic E-state index is -4.73. The molecule has 10 nitrogen and oxygen atoms in total. The highest BCUT2D eigenvalue weighted by Crippen LogP contribution is 2.35. The second-order valence-corrected chi connectivity index (χ2v) is 12.2. The normalized spacial score (nSPS) is 20.3. The van der Waals surface area contributed by atoms with Gasteiger partial charge in [0.2, 0.25) is 11.8 Å². The van der Waals surface area contributed by atoms with E-state index < -0.39 is 60.0 Å². The van der Waals surface area contributed by atoms with Crippen molar-refractivity contribution in [2.75, 3.05) is 20.2 Å². The van der Waals surface area contributed by atoms with Crippen LogP contribution < -0.4 is 15.4 Å². The summed E-state index contributed by atoms with van der Waals surface area (Å²) in [6.07, 6.45) is -3.91. The third-order valence-corrected chi connectivity index (χ3v) is 7.63. The van der Waals surface area contributed by atoms with Crippen molar-refractivity contribution in [2.24, 2.45) is 5.92 Å². The van der Waals surface area contributed by atoms with Crippen LogP contribution >= 0.6 is 0 Å². The van der Waals surface area contributed by atoms with E-state index in [9.17, 15) is 37.5 Å². The average Bonchev–Trinajstić information content (AvgIpc) is 3.48. The summed E-state index contributed by atoms with van der Waals surface area (Å²) in [6, 6.07) is 0.0889. The molecule has 0 radical (unpaired) electrons. The average molecular weight is 599 g/mol. The van der Waals surface area contributed by atoms with E-state index >= 15 is 0 Å². The third-order valence-electron chi connectivity index (χ3n) is 7.63. The molecule has 2 aliphatic rings. The zero-order valence-corrected chi connectivity index (χ0v) is 24.9. The Morgan fingerprint density at radius 3 is 2.36 bits per heavy atom. The first-order chi connectivity index (χ1) is 19.4. The fourth-order valence-electron chi connectivity index (χ4n) is 4.74. The zero-order valence-electron chi connectivity index (χ0n) is 24.9. The van der Waals surface area contributed by atoms with E-state index in [4.69, 9.17) is 4.74 Å². The Bertz CT molecular complexity index is 1180. The number of β-amino-alcohol motifs (C(OH)–C–C–N with tert-alkyl or cyclic N) is 1. The second-order valence-electron chi connectivity index (χ2n) is 12.2. The lowest BCUT2D eigenvalue weighted by molar-refractivity contribution is -0.145. The van der Waals surface area contributed by atoms with Gasteiger partial charge in [-0.3, -0.25) is 19.2 Å². The lowest BCUT2D eigenvalue weighted by atomic mass is 10.0. The minimum Gasteiger partial charge on any atom is -0.483 e. The fourth-order valence-corrected chi connectivity index (χ4v) is 4.74. The van der Waals surface area contributed by atoms with Gasteiger partial charge in [0.1, 0.15) is 17.8 Å². The van der Waals surface area contributed by atoms with Crippen molar-refractivity contribution in [1.29, 1.82) is 0 Å². The van der Waals surface area contributed by atoms with Gasteiger partial charge in [-0.1, -0.05) is 13.8 Å². The van der Waals surface area contributed by atoms with Gasteiger partial charge in [0.05, 0.1) is 17.2 Å². The number of hydrogen-bond donors (Lipinski definition) is 3. The third kappa shape index (κ3) is 8.36. The fraction of sp³-hybridized carbons (Fsp3) is 0.655. The van der Waals surface area contributed by atoms with Gasteiger partial charge in [0.25, 0.3) is 11.8 Å². The summed E-state index contributed by atoms with van der Waals surface area (Å²) >= 11 is 0. The molecule has 1 heterocycles. The summed E-state index contributed by atoms with van der Waals surface area (Å²) in [7, 11) is 1.60. The summed E-state index contributed by atoms with van der Waals surface area (Å²) in [5.41, 5.74) is -1.73. The number of amides is 4. The van der Waals surface area contributed by atoms with Crippen LogP contribution in [0.5, 0.6) is 5.75 Å². The van der Waals surface area contributed by atoms with Crippen LogP contribution in [-0.4, -0.2) is 88.5 Å². The molecule has 234 valence electrons. The van der Waals surface area contributed by atoms with Gasteiger partial charge in [-0.25, -0.2) is 0 Å². The lowest BCUT2D eigenvalue weighted by Gasteiger charge is -2.32. The molecule has 1 aromatic rings. The molecule has 0 spiro atoms. The summed E-state index contributed by atoms with van der Waals surface area (Å²) < 4.78 is 45.8. The topological polar surface area (TPSA) is 128 Å². The highest BCUT2D eigenvalue weighted by atomic mass is 19.4. The minimum absolute atomic E-state index is 0.0436. The molecule has 1 aromatic carbocycles. The van der Waals surface area contributed by atoms with Crippen molar-refractivity contribution in [3.05, 3.63) is 29.3 Å². The summed E-state index contributed by atoms with van der Waals surface area (Å²) in [5.74, 6) is -2.90. The van der Waals surface area contributed by atoms with E-state index in [0.29, 0.717) is 6.07 Å². The van der Waals surface area contributed by atoms with E-state index in [2.05, 4.69) is 10.6 Å². The largest absolute Gasteiger partial charge is 0.483 e.